The summed E-state index contributed by atoms with van der Waals surface area (Å²) in [5.74, 6) is 0.0110. The number of carbonyl (C=O) groups is 1. The maximum atomic E-state index is 12.9. The molecule has 2 atom stereocenters. The van der Waals surface area contributed by atoms with Crippen molar-refractivity contribution in [2.75, 3.05) is 31.5 Å². The molecule has 3 rings (SSSR count). The molecule has 2 heterocycles. The van der Waals surface area contributed by atoms with Gasteiger partial charge in [0.05, 0.1) is 18.2 Å². The molecule has 1 aromatic carbocycles. The summed E-state index contributed by atoms with van der Waals surface area (Å²) in [5, 5.41) is 16.7. The largest absolute Gasteiger partial charge is 0.416 e. The molecule has 0 bridgehead atoms. The van der Waals surface area contributed by atoms with Crippen molar-refractivity contribution in [2.24, 2.45) is 0 Å². The summed E-state index contributed by atoms with van der Waals surface area (Å²) in [7, 11) is 0. The van der Waals surface area contributed by atoms with Crippen LogP contribution < -0.4 is 10.6 Å². The second kappa shape index (κ2) is 9.93. The molecule has 10 heteroatoms. The van der Waals surface area contributed by atoms with Crippen molar-refractivity contribution < 1.29 is 23.1 Å². The molecule has 3 N–H and O–H groups in total. The van der Waals surface area contributed by atoms with Gasteiger partial charge in [-0.1, -0.05) is 6.07 Å². The van der Waals surface area contributed by atoms with Gasteiger partial charge in [-0.15, -0.1) is 0 Å². The van der Waals surface area contributed by atoms with E-state index in [-0.39, 0.29) is 23.3 Å². The third-order valence-corrected chi connectivity index (χ3v) is 5.73. The average Bonchev–Trinajstić information content (AvgIpc) is 3.18. The van der Waals surface area contributed by atoms with Crippen molar-refractivity contribution in [1.29, 1.82) is 0 Å². The molecule has 30 heavy (non-hydrogen) atoms. The standard InChI is InChI=1S/C20H27F3N4O2S/c21-20(22,23)14-6-5-7-15(12-14)24-19(30)25-16-8-1-2-11-27(18(16)29)13-17(28)26-9-3-4-10-26/h5-7,12,16,18,29H,1-4,8-11,13H2,(H2,24,25,30)/t16-,18?/m0/s1. The smallest absolute Gasteiger partial charge is 0.376 e. The number of benzene rings is 1. The minimum atomic E-state index is -4.44. The van der Waals surface area contributed by atoms with E-state index in [2.05, 4.69) is 10.6 Å². The van der Waals surface area contributed by atoms with Gasteiger partial charge in [0.2, 0.25) is 5.91 Å². The van der Waals surface area contributed by atoms with Crippen molar-refractivity contribution in [3.8, 4) is 0 Å². The van der Waals surface area contributed by atoms with Crippen LogP contribution in [0.5, 0.6) is 0 Å². The van der Waals surface area contributed by atoms with Crippen LogP contribution in [0.1, 0.15) is 37.7 Å². The van der Waals surface area contributed by atoms with Crippen molar-refractivity contribution in [2.45, 2.75) is 50.6 Å². The number of aliphatic hydroxyl groups is 1. The molecule has 0 spiro atoms. The van der Waals surface area contributed by atoms with Gasteiger partial charge in [0.15, 0.2) is 5.11 Å². The number of nitrogens with one attached hydrogen (secondary N) is 2. The minimum Gasteiger partial charge on any atom is -0.376 e. The number of nitrogens with zero attached hydrogens (tertiary/aromatic N) is 2. The topological polar surface area (TPSA) is 67.8 Å². The SMILES string of the molecule is O=C(CN1CCCC[C@H](NC(=S)Nc2cccc(C(F)(F)F)c2)C1O)N1CCCC1. The fraction of sp³-hybridized carbons (Fsp3) is 0.600. The summed E-state index contributed by atoms with van der Waals surface area (Å²) in [6, 6.07) is 4.35. The summed E-state index contributed by atoms with van der Waals surface area (Å²) < 4.78 is 38.7. The zero-order valence-electron chi connectivity index (χ0n) is 16.6. The molecule has 0 radical (unpaired) electrons. The number of thiocarbonyl (C=S) groups is 1. The second-order valence-electron chi connectivity index (χ2n) is 7.75. The van der Waals surface area contributed by atoms with Crippen molar-refractivity contribution in [1.82, 2.24) is 15.1 Å². The maximum Gasteiger partial charge on any atom is 0.416 e. The van der Waals surface area contributed by atoms with Gasteiger partial charge in [0, 0.05) is 25.3 Å². The fourth-order valence-corrected chi connectivity index (χ4v) is 4.15. The Balaban J connectivity index is 1.59. The van der Waals surface area contributed by atoms with Gasteiger partial charge in [-0.25, -0.2) is 0 Å². The fourth-order valence-electron chi connectivity index (χ4n) is 3.88. The summed E-state index contributed by atoms with van der Waals surface area (Å²) in [6.45, 7) is 2.27. The number of amides is 1. The third-order valence-electron chi connectivity index (χ3n) is 5.51. The first-order valence-corrected chi connectivity index (χ1v) is 10.6. The van der Waals surface area contributed by atoms with Crippen LogP contribution in [-0.2, 0) is 11.0 Å². The molecule has 0 aromatic heterocycles. The van der Waals surface area contributed by atoms with E-state index in [1.807, 2.05) is 4.90 Å². The Morgan fingerprint density at radius 1 is 1.17 bits per heavy atom. The number of halogens is 3. The van der Waals surface area contributed by atoms with Crippen LogP contribution in [0.25, 0.3) is 0 Å². The predicted molar refractivity (Wildman–Crippen MR) is 112 cm³/mol. The van der Waals surface area contributed by atoms with E-state index in [4.69, 9.17) is 12.2 Å². The highest BCUT2D eigenvalue weighted by Gasteiger charge is 2.32. The maximum absolute atomic E-state index is 12.9. The van der Waals surface area contributed by atoms with Crippen LogP contribution >= 0.6 is 12.2 Å². The van der Waals surface area contributed by atoms with Crippen LogP contribution in [0.3, 0.4) is 0 Å². The van der Waals surface area contributed by atoms with Gasteiger partial charge in [-0.3, -0.25) is 9.69 Å². The lowest BCUT2D eigenvalue weighted by Gasteiger charge is -2.32. The molecule has 2 fully saturated rings. The molecule has 6 nitrogen and oxygen atoms in total. The van der Waals surface area contributed by atoms with Crippen LogP contribution in [0.2, 0.25) is 0 Å². The quantitative estimate of drug-likeness (QED) is 0.621. The number of anilines is 1. The van der Waals surface area contributed by atoms with Crippen LogP contribution in [0.15, 0.2) is 24.3 Å². The van der Waals surface area contributed by atoms with Gasteiger partial charge in [-0.2, -0.15) is 13.2 Å². The monoisotopic (exact) mass is 444 g/mol. The molecule has 1 aromatic rings. The highest BCUT2D eigenvalue weighted by atomic mass is 32.1. The van der Waals surface area contributed by atoms with E-state index in [1.54, 1.807) is 4.90 Å². The van der Waals surface area contributed by atoms with E-state index in [1.165, 1.54) is 12.1 Å². The van der Waals surface area contributed by atoms with Crippen LogP contribution in [0, 0.1) is 0 Å². The average molecular weight is 445 g/mol. The zero-order chi connectivity index (χ0) is 21.7. The number of alkyl halides is 3. The Labute approximate surface area is 179 Å². The van der Waals surface area contributed by atoms with Gasteiger partial charge < -0.3 is 20.6 Å². The summed E-state index contributed by atoms with van der Waals surface area (Å²) in [5.41, 5.74) is -0.553. The number of likely N-dealkylation sites (tertiary alicyclic amines) is 2. The van der Waals surface area contributed by atoms with Gasteiger partial charge >= 0.3 is 6.18 Å². The predicted octanol–water partition coefficient (Wildman–Crippen LogP) is 2.79. The first-order valence-electron chi connectivity index (χ1n) is 10.2. The number of hydrogen-bond acceptors (Lipinski definition) is 4. The van der Waals surface area contributed by atoms with Gasteiger partial charge in [0.1, 0.15) is 6.23 Å². The normalized spacial score (nSPS) is 23.1. The number of aliphatic hydroxyl groups excluding tert-OH is 1. The molecule has 2 aliphatic heterocycles. The lowest BCUT2D eigenvalue weighted by atomic mass is 10.1. The van der Waals surface area contributed by atoms with Crippen LogP contribution in [0.4, 0.5) is 18.9 Å². The Morgan fingerprint density at radius 3 is 2.57 bits per heavy atom. The van der Waals surface area contributed by atoms with E-state index in [0.29, 0.717) is 13.0 Å². The second-order valence-corrected chi connectivity index (χ2v) is 8.16. The molecule has 1 unspecified atom stereocenters. The van der Waals surface area contributed by atoms with Crippen LogP contribution in [-0.4, -0.2) is 64.4 Å². The Kier molecular flexibility index (Phi) is 7.54. The molecule has 2 aliphatic rings. The first kappa shape index (κ1) is 22.8. The highest BCUT2D eigenvalue weighted by molar-refractivity contribution is 7.80. The van der Waals surface area contributed by atoms with Gasteiger partial charge in [0.25, 0.3) is 0 Å². The lowest BCUT2D eigenvalue weighted by molar-refractivity contribution is -0.137. The molecule has 0 aliphatic carbocycles. The summed E-state index contributed by atoms with van der Waals surface area (Å²) >= 11 is 5.26. The molecule has 2 saturated heterocycles. The molecule has 166 valence electrons. The van der Waals surface area contributed by atoms with Crippen molar-refractivity contribution in [3.63, 3.8) is 0 Å². The minimum absolute atomic E-state index is 0.0110. The summed E-state index contributed by atoms with van der Waals surface area (Å²) in [4.78, 5) is 16.0. The molecular formula is C20H27F3N4O2S. The lowest BCUT2D eigenvalue weighted by Crippen LogP contribution is -2.53. The van der Waals surface area contributed by atoms with E-state index >= 15 is 0 Å². The first-order chi connectivity index (χ1) is 14.2. The number of carbonyl (C=O) groups excluding carboxylic acids is 1. The third kappa shape index (κ3) is 6.05. The van der Waals surface area contributed by atoms with Crippen molar-refractivity contribution in [3.05, 3.63) is 29.8 Å². The molecule has 0 saturated carbocycles. The highest BCUT2D eigenvalue weighted by Crippen LogP contribution is 2.30. The Bertz CT molecular complexity index is 756. The Morgan fingerprint density at radius 2 is 1.87 bits per heavy atom. The zero-order valence-corrected chi connectivity index (χ0v) is 17.4. The molecular weight excluding hydrogens is 417 g/mol. The van der Waals surface area contributed by atoms with Gasteiger partial charge in [-0.05, 0) is 62.5 Å². The van der Waals surface area contributed by atoms with E-state index in [9.17, 15) is 23.1 Å². The van der Waals surface area contributed by atoms with E-state index in [0.717, 1.165) is 50.9 Å². The number of hydrogen-bond donors (Lipinski definition) is 3. The van der Waals surface area contributed by atoms with Crippen molar-refractivity contribution >= 4 is 28.9 Å². The number of rotatable bonds is 4. The molecule has 1 amide bonds. The summed E-state index contributed by atoms with van der Waals surface area (Å²) in [6.07, 6.45) is -1.01. The van der Waals surface area contributed by atoms with E-state index < -0.39 is 24.0 Å². The Hall–Kier alpha value is -1.91.